The maximum Gasteiger partial charge on any atom is 0.0347 e. The van der Waals surface area contributed by atoms with Gasteiger partial charge in [-0.25, -0.2) is 0 Å². The molecule has 1 nitrogen and oxygen atoms in total. The molecule has 0 radical (unpaired) electrons. The van der Waals surface area contributed by atoms with Crippen molar-refractivity contribution in [1.29, 1.82) is 0 Å². The Balaban J connectivity index is 2.58. The largest absolute Gasteiger partial charge is 0.399 e. The lowest BCUT2D eigenvalue weighted by Gasteiger charge is -2.21. The molecule has 0 saturated heterocycles. The van der Waals surface area contributed by atoms with Crippen LogP contribution in [0.25, 0.3) is 5.70 Å². The van der Waals surface area contributed by atoms with E-state index in [0.29, 0.717) is 0 Å². The first-order chi connectivity index (χ1) is 7.24. The third kappa shape index (κ3) is 1.79. The predicted molar refractivity (Wildman–Crippen MR) is 65.7 cm³/mol. The van der Waals surface area contributed by atoms with E-state index in [0.717, 1.165) is 5.70 Å². The smallest absolute Gasteiger partial charge is 0.0347 e. The van der Waals surface area contributed by atoms with Crippen LogP contribution in [0.5, 0.6) is 0 Å². The highest BCUT2D eigenvalue weighted by molar-refractivity contribution is 5.67. The molecule has 1 aromatic rings. The molecule has 0 heterocycles. The molecule has 0 amide bonds. The zero-order valence-corrected chi connectivity index (χ0v) is 9.64. The molecule has 1 aliphatic rings. The third-order valence-corrected chi connectivity index (χ3v) is 3.39. The molecule has 2 rings (SSSR count). The van der Waals surface area contributed by atoms with Crippen LogP contribution in [-0.4, -0.2) is 0 Å². The van der Waals surface area contributed by atoms with Crippen LogP contribution in [-0.2, 0) is 12.8 Å². The lowest BCUT2D eigenvalue weighted by atomic mass is 9.84. The van der Waals surface area contributed by atoms with Crippen molar-refractivity contribution in [3.05, 3.63) is 40.5 Å². The number of hydrogen-bond donors (Lipinski definition) is 1. The zero-order chi connectivity index (χ0) is 10.8. The van der Waals surface area contributed by atoms with Gasteiger partial charge in [0.05, 0.1) is 0 Å². The fourth-order valence-electron chi connectivity index (χ4n) is 2.47. The van der Waals surface area contributed by atoms with Crippen LogP contribution in [0.15, 0.2) is 18.2 Å². The molecule has 1 aliphatic carbocycles. The van der Waals surface area contributed by atoms with E-state index < -0.39 is 0 Å². The van der Waals surface area contributed by atoms with E-state index in [-0.39, 0.29) is 0 Å². The highest BCUT2D eigenvalue weighted by atomic mass is 14.6. The van der Waals surface area contributed by atoms with Gasteiger partial charge in [-0.2, -0.15) is 0 Å². The third-order valence-electron chi connectivity index (χ3n) is 3.39. The lowest BCUT2D eigenvalue weighted by Crippen LogP contribution is -2.10. The summed E-state index contributed by atoms with van der Waals surface area (Å²) in [7, 11) is 0. The molecule has 15 heavy (non-hydrogen) atoms. The van der Waals surface area contributed by atoms with Gasteiger partial charge in [-0.3, -0.25) is 0 Å². The first-order valence-corrected chi connectivity index (χ1v) is 5.77. The van der Waals surface area contributed by atoms with Gasteiger partial charge in [-0.15, -0.1) is 0 Å². The predicted octanol–water partition coefficient (Wildman–Crippen LogP) is 3.19. The molecule has 0 bridgehead atoms. The van der Waals surface area contributed by atoms with Gasteiger partial charge >= 0.3 is 0 Å². The summed E-state index contributed by atoms with van der Waals surface area (Å²) >= 11 is 0. The Morgan fingerprint density at radius 3 is 2.53 bits per heavy atom. The molecule has 2 N–H and O–H groups in total. The van der Waals surface area contributed by atoms with Gasteiger partial charge in [0, 0.05) is 11.3 Å². The Bertz CT molecular complexity index is 402. The SMILES string of the molecule is C/C=C(\N)c1ccc(C)c2c1CCCC2. The van der Waals surface area contributed by atoms with Crippen LogP contribution in [0.2, 0.25) is 0 Å². The molecule has 0 aliphatic heterocycles. The van der Waals surface area contributed by atoms with Gasteiger partial charge in [-0.1, -0.05) is 18.2 Å². The average molecular weight is 201 g/mol. The molecule has 0 fully saturated rings. The standard InChI is InChI=1S/C14H19N/c1-3-14(15)13-9-8-10(2)11-6-4-5-7-12(11)13/h3,8-9H,4-7,15H2,1-2H3/b14-3-. The maximum absolute atomic E-state index is 6.03. The van der Waals surface area contributed by atoms with Crippen LogP contribution < -0.4 is 5.73 Å². The molecule has 0 unspecified atom stereocenters. The van der Waals surface area contributed by atoms with Crippen LogP contribution >= 0.6 is 0 Å². The van der Waals surface area contributed by atoms with Crippen molar-refractivity contribution >= 4 is 5.70 Å². The molecule has 0 atom stereocenters. The number of nitrogens with two attached hydrogens (primary N) is 1. The maximum atomic E-state index is 6.03. The number of aryl methyl sites for hydroxylation is 1. The van der Waals surface area contributed by atoms with Crippen molar-refractivity contribution in [2.75, 3.05) is 0 Å². The fourth-order valence-corrected chi connectivity index (χ4v) is 2.47. The van der Waals surface area contributed by atoms with E-state index in [4.69, 9.17) is 5.73 Å². The minimum Gasteiger partial charge on any atom is -0.399 e. The zero-order valence-electron chi connectivity index (χ0n) is 9.64. The fraction of sp³-hybridized carbons (Fsp3) is 0.429. The monoisotopic (exact) mass is 201 g/mol. The Labute approximate surface area is 92.0 Å². The highest BCUT2D eigenvalue weighted by Gasteiger charge is 2.15. The Hall–Kier alpha value is -1.24. The topological polar surface area (TPSA) is 26.0 Å². The Kier molecular flexibility index (Phi) is 2.81. The minimum atomic E-state index is 0.924. The number of benzene rings is 1. The minimum absolute atomic E-state index is 0.924. The number of rotatable bonds is 1. The van der Waals surface area contributed by atoms with E-state index in [1.54, 1.807) is 5.56 Å². The molecular formula is C14H19N. The number of allylic oxidation sites excluding steroid dienone is 1. The van der Waals surface area contributed by atoms with Gasteiger partial charge in [0.1, 0.15) is 0 Å². The summed E-state index contributed by atoms with van der Waals surface area (Å²) in [4.78, 5) is 0. The van der Waals surface area contributed by atoms with E-state index in [1.165, 1.54) is 42.4 Å². The van der Waals surface area contributed by atoms with Gasteiger partial charge in [-0.05, 0) is 56.2 Å². The van der Waals surface area contributed by atoms with Crippen molar-refractivity contribution in [1.82, 2.24) is 0 Å². The first kappa shape index (κ1) is 10.3. The highest BCUT2D eigenvalue weighted by Crippen LogP contribution is 2.29. The Morgan fingerprint density at radius 2 is 1.87 bits per heavy atom. The van der Waals surface area contributed by atoms with Crippen molar-refractivity contribution in [2.24, 2.45) is 5.73 Å². The van der Waals surface area contributed by atoms with Gasteiger partial charge in [0.25, 0.3) is 0 Å². The first-order valence-electron chi connectivity index (χ1n) is 5.77. The molecule has 0 saturated carbocycles. The normalized spacial score (nSPS) is 16.3. The average Bonchev–Trinajstić information content (AvgIpc) is 2.29. The van der Waals surface area contributed by atoms with Crippen LogP contribution in [0.4, 0.5) is 0 Å². The van der Waals surface area contributed by atoms with E-state index >= 15 is 0 Å². The molecule has 1 aromatic carbocycles. The summed E-state index contributed by atoms with van der Waals surface area (Å²) in [6.45, 7) is 4.21. The van der Waals surface area contributed by atoms with Crippen molar-refractivity contribution < 1.29 is 0 Å². The summed E-state index contributed by atoms with van der Waals surface area (Å²) in [6, 6.07) is 4.38. The van der Waals surface area contributed by atoms with Crippen LogP contribution in [0.3, 0.4) is 0 Å². The lowest BCUT2D eigenvalue weighted by molar-refractivity contribution is 0.680. The quantitative estimate of drug-likeness (QED) is 0.742. The second-order valence-corrected chi connectivity index (χ2v) is 4.34. The molecule has 1 heteroatoms. The summed E-state index contributed by atoms with van der Waals surface area (Å²) in [5.74, 6) is 0. The van der Waals surface area contributed by atoms with Gasteiger partial charge < -0.3 is 5.73 Å². The van der Waals surface area contributed by atoms with Crippen LogP contribution in [0.1, 0.15) is 42.0 Å². The number of fused-ring (bicyclic) bond motifs is 1. The van der Waals surface area contributed by atoms with Crippen LogP contribution in [0, 0.1) is 6.92 Å². The second-order valence-electron chi connectivity index (χ2n) is 4.34. The molecule has 0 aromatic heterocycles. The van der Waals surface area contributed by atoms with E-state index in [9.17, 15) is 0 Å². The van der Waals surface area contributed by atoms with Crippen molar-refractivity contribution in [3.8, 4) is 0 Å². The van der Waals surface area contributed by atoms with E-state index in [1.807, 2.05) is 13.0 Å². The summed E-state index contributed by atoms with van der Waals surface area (Å²) in [5.41, 5.74) is 12.7. The van der Waals surface area contributed by atoms with Crippen molar-refractivity contribution in [3.63, 3.8) is 0 Å². The van der Waals surface area contributed by atoms with E-state index in [2.05, 4.69) is 19.1 Å². The summed E-state index contributed by atoms with van der Waals surface area (Å²) in [5, 5.41) is 0. The van der Waals surface area contributed by atoms with Gasteiger partial charge in [0.15, 0.2) is 0 Å². The summed E-state index contributed by atoms with van der Waals surface area (Å²) in [6.07, 6.45) is 7.06. The Morgan fingerprint density at radius 1 is 1.20 bits per heavy atom. The van der Waals surface area contributed by atoms with Gasteiger partial charge in [0.2, 0.25) is 0 Å². The summed E-state index contributed by atoms with van der Waals surface area (Å²) < 4.78 is 0. The molecular weight excluding hydrogens is 182 g/mol. The number of hydrogen-bond acceptors (Lipinski definition) is 1. The molecule has 0 spiro atoms. The van der Waals surface area contributed by atoms with Crippen molar-refractivity contribution in [2.45, 2.75) is 39.5 Å². The second kappa shape index (κ2) is 4.09. The molecule has 80 valence electrons.